The molecule has 4 aliphatic carbocycles. The summed E-state index contributed by atoms with van der Waals surface area (Å²) < 4.78 is 30.9. The van der Waals surface area contributed by atoms with Crippen molar-refractivity contribution in [3.8, 4) is 0 Å². The highest BCUT2D eigenvalue weighted by Gasteiger charge is 2.79. The number of halogens is 1. The summed E-state index contributed by atoms with van der Waals surface area (Å²) in [6.07, 6.45) is 4.72. The van der Waals surface area contributed by atoms with Crippen LogP contribution in [0.25, 0.3) is 0 Å². The molecule has 2 aromatic carbocycles. The number of aliphatic hydroxyl groups excluding tert-OH is 2. The van der Waals surface area contributed by atoms with Gasteiger partial charge in [-0.25, -0.2) is 4.39 Å². The number of hydrogen-bond donors (Lipinski definition) is 4. The lowest BCUT2D eigenvalue weighted by atomic mass is 9.44. The summed E-state index contributed by atoms with van der Waals surface area (Å²) >= 11 is 0. The molecule has 4 N–H and O–H groups in total. The Labute approximate surface area is 370 Å². The predicted octanol–water partition coefficient (Wildman–Crippen LogP) is 4.33. The van der Waals surface area contributed by atoms with Crippen molar-refractivity contribution in [1.82, 2.24) is 10.2 Å². The number of imide groups is 1. The van der Waals surface area contributed by atoms with Crippen molar-refractivity contribution in [1.29, 1.82) is 0 Å². The van der Waals surface area contributed by atoms with Crippen LogP contribution in [0.5, 0.6) is 0 Å². The molecule has 4 fully saturated rings. The zero-order valence-electron chi connectivity index (χ0n) is 36.3. The van der Waals surface area contributed by atoms with E-state index >= 15 is 4.39 Å². The summed E-state index contributed by atoms with van der Waals surface area (Å²) in [5.74, 6) is -4.78. The van der Waals surface area contributed by atoms with E-state index in [1.54, 1.807) is 26.0 Å². The fourth-order valence-corrected chi connectivity index (χ4v) is 11.6. The number of ketones is 3. The predicted molar refractivity (Wildman–Crippen MR) is 228 cm³/mol. The number of amides is 4. The molecule has 338 valence electrons. The maximum Gasteiger partial charge on any atom is 0.253 e. The monoisotopic (exact) mass is 879 g/mol. The summed E-state index contributed by atoms with van der Waals surface area (Å²) in [6.45, 7) is 5.81. The van der Waals surface area contributed by atoms with E-state index in [1.807, 2.05) is 49.4 Å². The van der Waals surface area contributed by atoms with Crippen molar-refractivity contribution in [3.05, 3.63) is 101 Å². The van der Waals surface area contributed by atoms with Gasteiger partial charge in [0.1, 0.15) is 6.61 Å². The molecule has 0 unspecified atom stereocenters. The molecule has 0 radical (unpaired) electrons. The first kappa shape index (κ1) is 45.1. The van der Waals surface area contributed by atoms with Crippen molar-refractivity contribution >= 4 is 46.7 Å². The number of carbonyl (C=O) groups is 7. The second-order valence-corrected chi connectivity index (χ2v) is 18.8. The van der Waals surface area contributed by atoms with Crippen LogP contribution in [0.2, 0.25) is 0 Å². The van der Waals surface area contributed by atoms with Gasteiger partial charge in [0.25, 0.3) is 11.8 Å². The molecule has 2 aliphatic heterocycles. The normalized spacial score (nSPS) is 33.4. The maximum absolute atomic E-state index is 17.7. The van der Waals surface area contributed by atoms with Crippen LogP contribution in [-0.2, 0) is 49.5 Å². The number of rotatable bonds is 14. The smallest absolute Gasteiger partial charge is 0.253 e. The molecular formula is C49H54FN3O11. The summed E-state index contributed by atoms with van der Waals surface area (Å²) in [7, 11) is 0. The number of aliphatic hydroxyl groups is 2. The van der Waals surface area contributed by atoms with E-state index in [1.165, 1.54) is 19.1 Å². The van der Waals surface area contributed by atoms with Gasteiger partial charge < -0.3 is 30.3 Å². The Morgan fingerprint density at radius 2 is 1.69 bits per heavy atom. The van der Waals surface area contributed by atoms with Crippen LogP contribution in [0.3, 0.4) is 0 Å². The number of Topliss-reactive ketones (excluding diaryl/α,β-unsaturated/α-hetero) is 2. The molecule has 2 heterocycles. The summed E-state index contributed by atoms with van der Waals surface area (Å²) in [6, 6.07) is 13.9. The molecule has 8 rings (SSSR count). The molecular weight excluding hydrogens is 826 g/mol. The van der Waals surface area contributed by atoms with Crippen molar-refractivity contribution < 1.29 is 57.6 Å². The van der Waals surface area contributed by atoms with Crippen LogP contribution in [0.1, 0.15) is 89.2 Å². The number of nitrogens with zero attached hydrogens (tertiary/aromatic N) is 1. The number of alkyl halides is 1. The Hall–Kier alpha value is -5.48. The Bertz CT molecular complexity index is 2380. The minimum absolute atomic E-state index is 0.101. The minimum atomic E-state index is -2.09. The van der Waals surface area contributed by atoms with Crippen molar-refractivity contribution in [2.45, 2.75) is 108 Å². The van der Waals surface area contributed by atoms with Crippen LogP contribution >= 0.6 is 0 Å². The standard InChI is InChI=1S/C49H54FN3O11/c1-27(20-37(56)28(2)51-41(59)17-19-53-42(60)14-15-43(53)61)44(62)52-33-7-5-6-30(22-33)21-29-8-10-31(11-9-29)45-63-40-24-36-35-13-12-32-23-34(55)16-18-46(32,3)48(35,50)38(57)25-47(36,4)49(40,64-45)39(58)26-54/h5-11,14-16,18,22-23,27-28,35-36,38,40,45,54,57H,12-13,17,19-21,24-26H2,1-4H3,(H,51,59)(H,52,62)/t27-,28+,35+,36+,38+,40-,45-,46+,47+,48+,49-/m1/s1. The second kappa shape index (κ2) is 16.8. The van der Waals surface area contributed by atoms with Gasteiger partial charge in [-0.15, -0.1) is 0 Å². The van der Waals surface area contributed by atoms with E-state index in [9.17, 15) is 43.8 Å². The number of benzene rings is 2. The van der Waals surface area contributed by atoms with Crippen molar-refractivity contribution in [2.75, 3.05) is 18.5 Å². The molecule has 6 aliphatic rings. The van der Waals surface area contributed by atoms with Gasteiger partial charge in [0.05, 0.1) is 18.2 Å². The van der Waals surface area contributed by atoms with Crippen LogP contribution in [0.4, 0.5) is 10.1 Å². The van der Waals surface area contributed by atoms with Gasteiger partial charge in [-0.3, -0.25) is 38.5 Å². The second-order valence-electron chi connectivity index (χ2n) is 18.8. The lowest BCUT2D eigenvalue weighted by Gasteiger charge is -2.62. The highest BCUT2D eigenvalue weighted by atomic mass is 19.1. The molecule has 0 spiro atoms. The van der Waals surface area contributed by atoms with Crippen molar-refractivity contribution in [3.63, 3.8) is 0 Å². The van der Waals surface area contributed by atoms with Gasteiger partial charge in [-0.2, -0.15) is 0 Å². The Morgan fingerprint density at radius 3 is 2.39 bits per heavy atom. The third-order valence-electron chi connectivity index (χ3n) is 15.1. The third-order valence-corrected chi connectivity index (χ3v) is 15.1. The van der Waals surface area contributed by atoms with E-state index in [-0.39, 0.29) is 43.3 Å². The van der Waals surface area contributed by atoms with E-state index in [0.29, 0.717) is 42.5 Å². The molecule has 2 aromatic rings. The van der Waals surface area contributed by atoms with Gasteiger partial charge >= 0.3 is 0 Å². The zero-order valence-corrected chi connectivity index (χ0v) is 36.3. The highest BCUT2D eigenvalue weighted by Crippen LogP contribution is 2.72. The summed E-state index contributed by atoms with van der Waals surface area (Å²) in [5.41, 5.74) is -2.33. The zero-order chi connectivity index (χ0) is 45.9. The lowest BCUT2D eigenvalue weighted by molar-refractivity contribution is -0.231. The van der Waals surface area contributed by atoms with Gasteiger partial charge in [-0.1, -0.05) is 61.9 Å². The first-order valence-electron chi connectivity index (χ1n) is 22.0. The number of hydrogen-bond acceptors (Lipinski definition) is 11. The SMILES string of the molecule is C[C@H](CC(=O)[C@H](C)NC(=O)CCN1C(=O)C=CC1=O)C(=O)Nc1cccc(Cc2ccc([C@@H]3O[C@@H]4C[C@H]5[C@@H]6CCC7=CC(=O)C=C[C@]7(C)[C@@]6(F)[C@@H](O)C[C@]5(C)[C@]4(C(=O)CO)O3)cc2)c1. The first-order chi connectivity index (χ1) is 30.3. The average molecular weight is 880 g/mol. The number of nitrogens with one attached hydrogen (secondary N) is 2. The van der Waals surface area contributed by atoms with Crippen LogP contribution in [-0.4, -0.2) is 98.8 Å². The molecule has 4 amide bonds. The number of ether oxygens (including phenoxy) is 2. The number of fused-ring (bicyclic) bond motifs is 7. The van der Waals surface area contributed by atoms with Crippen LogP contribution in [0.15, 0.2) is 84.5 Å². The Morgan fingerprint density at radius 1 is 0.969 bits per heavy atom. The Balaban J connectivity index is 0.879. The third kappa shape index (κ3) is 7.39. The van der Waals surface area contributed by atoms with Crippen LogP contribution in [0, 0.1) is 28.6 Å². The van der Waals surface area contributed by atoms with E-state index < -0.39 is 94.5 Å². The van der Waals surface area contributed by atoms with E-state index in [4.69, 9.17) is 9.47 Å². The van der Waals surface area contributed by atoms with Gasteiger partial charge in [0, 0.05) is 65.5 Å². The number of allylic oxidation sites excluding steroid dienone is 4. The molecule has 14 nitrogen and oxygen atoms in total. The molecule has 11 atom stereocenters. The molecule has 1 saturated heterocycles. The maximum atomic E-state index is 17.7. The number of carbonyl (C=O) groups excluding carboxylic acids is 7. The lowest BCUT2D eigenvalue weighted by Crippen LogP contribution is -2.69. The topological polar surface area (TPSA) is 206 Å². The summed E-state index contributed by atoms with van der Waals surface area (Å²) in [5, 5.41) is 27.6. The number of anilines is 1. The van der Waals surface area contributed by atoms with E-state index in [0.717, 1.165) is 28.2 Å². The molecule has 3 saturated carbocycles. The van der Waals surface area contributed by atoms with Crippen molar-refractivity contribution in [2.24, 2.45) is 28.6 Å². The van der Waals surface area contributed by atoms with Gasteiger partial charge in [0.15, 0.2) is 34.9 Å². The fourth-order valence-electron chi connectivity index (χ4n) is 11.6. The fraction of sp³-hybridized carbons (Fsp3) is 0.490. The first-order valence-corrected chi connectivity index (χ1v) is 22.0. The quantitative estimate of drug-likeness (QED) is 0.197. The molecule has 0 aromatic heterocycles. The molecule has 15 heteroatoms. The van der Waals surface area contributed by atoms with Gasteiger partial charge in [0.2, 0.25) is 11.8 Å². The van der Waals surface area contributed by atoms with Crippen LogP contribution < -0.4 is 10.6 Å². The summed E-state index contributed by atoms with van der Waals surface area (Å²) in [4.78, 5) is 89.0. The van der Waals surface area contributed by atoms with Gasteiger partial charge in [-0.05, 0) is 87.3 Å². The molecule has 64 heavy (non-hydrogen) atoms. The minimum Gasteiger partial charge on any atom is -0.390 e. The molecule has 0 bridgehead atoms. The van der Waals surface area contributed by atoms with E-state index in [2.05, 4.69) is 10.6 Å². The highest BCUT2D eigenvalue weighted by molar-refractivity contribution is 6.13. The largest absolute Gasteiger partial charge is 0.390 e. The Kier molecular flexibility index (Phi) is 11.9. The average Bonchev–Trinajstić information content (AvgIpc) is 3.88.